The van der Waals surface area contributed by atoms with Crippen molar-refractivity contribution in [3.63, 3.8) is 0 Å². The number of primary sulfonamides is 1. The van der Waals surface area contributed by atoms with E-state index in [4.69, 9.17) is 10.2 Å². The quantitative estimate of drug-likeness (QED) is 0.777. The second-order valence-corrected chi connectivity index (χ2v) is 5.40. The number of pyridine rings is 1. The lowest BCUT2D eigenvalue weighted by Gasteiger charge is -2.11. The fourth-order valence-electron chi connectivity index (χ4n) is 1.62. The van der Waals surface area contributed by atoms with Crippen LogP contribution in [0.25, 0.3) is 0 Å². The molecule has 0 saturated heterocycles. The Morgan fingerprint density at radius 2 is 1.90 bits per heavy atom. The van der Waals surface area contributed by atoms with Crippen LogP contribution in [0.3, 0.4) is 0 Å². The second-order valence-electron chi connectivity index (χ2n) is 3.87. The van der Waals surface area contributed by atoms with Crippen molar-refractivity contribution in [3.05, 3.63) is 48.2 Å². The summed E-state index contributed by atoms with van der Waals surface area (Å²) in [5.74, 6) is -1.13. The molecule has 0 fully saturated rings. The summed E-state index contributed by atoms with van der Waals surface area (Å²) >= 11 is 0. The number of para-hydroxylation sites is 1. The summed E-state index contributed by atoms with van der Waals surface area (Å²) in [6.45, 7) is 0. The highest BCUT2D eigenvalue weighted by molar-refractivity contribution is 7.89. The maximum Gasteiger partial charge on any atom is 0.339 e. The summed E-state index contributed by atoms with van der Waals surface area (Å²) in [4.78, 5) is 14.8. The van der Waals surface area contributed by atoms with Gasteiger partial charge in [-0.2, -0.15) is 0 Å². The first-order valence-electron chi connectivity index (χ1n) is 5.47. The largest absolute Gasteiger partial charge is 0.478 e. The van der Waals surface area contributed by atoms with Crippen LogP contribution in [-0.2, 0) is 10.0 Å². The molecule has 0 aliphatic rings. The predicted octanol–water partition coefficient (Wildman–Crippen LogP) is 1.17. The van der Waals surface area contributed by atoms with Gasteiger partial charge in [0.1, 0.15) is 16.3 Å². The van der Waals surface area contributed by atoms with E-state index in [0.717, 1.165) is 0 Å². The molecule has 8 heteroatoms. The van der Waals surface area contributed by atoms with Crippen molar-refractivity contribution in [1.82, 2.24) is 4.98 Å². The van der Waals surface area contributed by atoms with Crippen molar-refractivity contribution in [2.24, 2.45) is 5.14 Å². The highest BCUT2D eigenvalue weighted by Gasteiger charge is 2.16. The van der Waals surface area contributed by atoms with Crippen LogP contribution in [0.15, 0.2) is 47.5 Å². The Morgan fingerprint density at radius 3 is 2.55 bits per heavy atom. The third kappa shape index (κ3) is 2.92. The number of rotatable bonds is 4. The molecule has 0 radical (unpaired) electrons. The number of carboxylic acids is 1. The zero-order chi connectivity index (χ0) is 14.8. The molecule has 0 saturated carbocycles. The van der Waals surface area contributed by atoms with E-state index in [-0.39, 0.29) is 22.0 Å². The summed E-state index contributed by atoms with van der Waals surface area (Å²) < 4.78 is 22.9. The van der Waals surface area contributed by atoms with Crippen LogP contribution in [0.4, 0.5) is 11.5 Å². The first-order chi connectivity index (χ1) is 9.39. The molecule has 0 spiro atoms. The van der Waals surface area contributed by atoms with Crippen LogP contribution in [0.1, 0.15) is 10.4 Å². The van der Waals surface area contributed by atoms with Gasteiger partial charge in [-0.25, -0.2) is 23.3 Å². The lowest BCUT2D eigenvalue weighted by atomic mass is 10.2. The number of anilines is 2. The van der Waals surface area contributed by atoms with E-state index in [0.29, 0.717) is 0 Å². The lowest BCUT2D eigenvalue weighted by molar-refractivity contribution is 0.0697. The Hall–Kier alpha value is -2.45. The molecule has 104 valence electrons. The third-order valence-corrected chi connectivity index (χ3v) is 3.45. The Labute approximate surface area is 115 Å². The van der Waals surface area contributed by atoms with E-state index in [1.807, 2.05) is 0 Å². The molecule has 1 aromatic heterocycles. The Balaban J connectivity index is 2.49. The monoisotopic (exact) mass is 293 g/mol. The first kappa shape index (κ1) is 14.0. The number of aromatic carboxylic acids is 1. The van der Waals surface area contributed by atoms with Gasteiger partial charge >= 0.3 is 5.97 Å². The Morgan fingerprint density at radius 1 is 1.20 bits per heavy atom. The van der Waals surface area contributed by atoms with Gasteiger partial charge in [-0.05, 0) is 24.3 Å². The van der Waals surface area contributed by atoms with Gasteiger partial charge in [0.25, 0.3) is 0 Å². The molecule has 20 heavy (non-hydrogen) atoms. The lowest BCUT2D eigenvalue weighted by Crippen LogP contribution is -2.14. The predicted molar refractivity (Wildman–Crippen MR) is 72.3 cm³/mol. The van der Waals surface area contributed by atoms with Gasteiger partial charge in [0, 0.05) is 6.20 Å². The number of benzene rings is 1. The third-order valence-electron chi connectivity index (χ3n) is 2.48. The molecule has 0 aliphatic heterocycles. The number of carboxylic acid groups (broad SMARTS) is 1. The molecule has 0 atom stereocenters. The van der Waals surface area contributed by atoms with E-state index >= 15 is 0 Å². The molecule has 1 heterocycles. The number of aromatic nitrogens is 1. The highest BCUT2D eigenvalue weighted by atomic mass is 32.2. The van der Waals surface area contributed by atoms with Crippen LogP contribution in [0.5, 0.6) is 0 Å². The van der Waals surface area contributed by atoms with Crippen LogP contribution in [0, 0.1) is 0 Å². The van der Waals surface area contributed by atoms with Crippen molar-refractivity contribution in [3.8, 4) is 0 Å². The summed E-state index contributed by atoms with van der Waals surface area (Å²) in [5.41, 5.74) is 0.0907. The van der Waals surface area contributed by atoms with Crippen LogP contribution in [0.2, 0.25) is 0 Å². The molecular formula is C12H11N3O4S. The number of nitrogens with one attached hydrogen (secondary N) is 1. The van der Waals surface area contributed by atoms with Crippen molar-refractivity contribution in [2.75, 3.05) is 5.32 Å². The zero-order valence-electron chi connectivity index (χ0n) is 10.1. The molecular weight excluding hydrogens is 282 g/mol. The molecule has 0 aliphatic carbocycles. The van der Waals surface area contributed by atoms with Crippen molar-refractivity contribution in [2.45, 2.75) is 4.90 Å². The van der Waals surface area contributed by atoms with E-state index in [1.165, 1.54) is 36.5 Å². The zero-order valence-corrected chi connectivity index (χ0v) is 11.0. The summed E-state index contributed by atoms with van der Waals surface area (Å²) in [7, 11) is -3.92. The van der Waals surface area contributed by atoms with Gasteiger partial charge in [-0.15, -0.1) is 0 Å². The molecule has 0 unspecified atom stereocenters. The van der Waals surface area contributed by atoms with E-state index in [2.05, 4.69) is 10.3 Å². The SMILES string of the molecule is NS(=O)(=O)c1ccccc1Nc1ncccc1C(=O)O. The van der Waals surface area contributed by atoms with Gasteiger partial charge in [0.15, 0.2) is 0 Å². The molecule has 7 nitrogen and oxygen atoms in total. The summed E-state index contributed by atoms with van der Waals surface area (Å²) in [5, 5.41) is 16.8. The fraction of sp³-hybridized carbons (Fsp3) is 0. The maximum absolute atomic E-state index is 11.5. The van der Waals surface area contributed by atoms with Crippen molar-refractivity contribution in [1.29, 1.82) is 0 Å². The van der Waals surface area contributed by atoms with Gasteiger partial charge in [0.05, 0.1) is 5.69 Å². The molecule has 0 amide bonds. The van der Waals surface area contributed by atoms with Gasteiger partial charge in [0.2, 0.25) is 10.0 Å². The van der Waals surface area contributed by atoms with Crippen molar-refractivity contribution >= 4 is 27.5 Å². The summed E-state index contributed by atoms with van der Waals surface area (Å²) in [6, 6.07) is 8.74. The number of nitrogens with zero attached hydrogens (tertiary/aromatic N) is 1. The van der Waals surface area contributed by atoms with E-state index in [1.54, 1.807) is 6.07 Å². The van der Waals surface area contributed by atoms with E-state index < -0.39 is 16.0 Å². The second kappa shape index (κ2) is 5.27. The number of hydrogen-bond acceptors (Lipinski definition) is 5. The first-order valence-corrected chi connectivity index (χ1v) is 7.01. The fourth-order valence-corrected chi connectivity index (χ4v) is 2.32. The topological polar surface area (TPSA) is 122 Å². The van der Waals surface area contributed by atoms with E-state index in [9.17, 15) is 13.2 Å². The number of sulfonamides is 1. The summed E-state index contributed by atoms with van der Waals surface area (Å²) in [6.07, 6.45) is 1.40. The molecule has 1 aromatic carbocycles. The smallest absolute Gasteiger partial charge is 0.339 e. The van der Waals surface area contributed by atoms with Gasteiger partial charge in [-0.3, -0.25) is 0 Å². The van der Waals surface area contributed by atoms with Crippen LogP contribution >= 0.6 is 0 Å². The average molecular weight is 293 g/mol. The van der Waals surface area contributed by atoms with Crippen molar-refractivity contribution < 1.29 is 18.3 Å². The normalized spacial score (nSPS) is 11.1. The number of carbonyl (C=O) groups is 1. The van der Waals surface area contributed by atoms with Crippen LogP contribution in [-0.4, -0.2) is 24.5 Å². The minimum Gasteiger partial charge on any atom is -0.478 e. The molecule has 2 aromatic rings. The molecule has 2 rings (SSSR count). The number of nitrogens with two attached hydrogens (primary N) is 1. The molecule has 4 N–H and O–H groups in total. The van der Waals surface area contributed by atoms with Gasteiger partial charge < -0.3 is 10.4 Å². The Kier molecular flexibility index (Phi) is 3.68. The maximum atomic E-state index is 11.5. The minimum atomic E-state index is -3.92. The van der Waals surface area contributed by atoms with Gasteiger partial charge in [-0.1, -0.05) is 12.1 Å². The molecule has 0 bridgehead atoms. The minimum absolute atomic E-state index is 0.0381. The Bertz CT molecular complexity index is 759. The number of hydrogen-bond donors (Lipinski definition) is 3. The van der Waals surface area contributed by atoms with Crippen LogP contribution < -0.4 is 10.5 Å². The standard InChI is InChI=1S/C12H11N3O4S/c13-20(18,19)10-6-2-1-5-9(10)15-11-8(12(16)17)4-3-7-14-11/h1-7H,(H,14,15)(H,16,17)(H2,13,18,19). The highest BCUT2D eigenvalue weighted by Crippen LogP contribution is 2.24. The average Bonchev–Trinajstić information content (AvgIpc) is 2.38.